The van der Waals surface area contributed by atoms with Gasteiger partial charge in [-0.3, -0.25) is 9.69 Å². The van der Waals surface area contributed by atoms with Crippen molar-refractivity contribution < 1.29 is 9.90 Å². The lowest BCUT2D eigenvalue weighted by molar-refractivity contribution is -0.138. The van der Waals surface area contributed by atoms with Crippen LogP contribution in [0.15, 0.2) is 78.2 Å². The number of hydrogen-bond donors (Lipinski definition) is 1. The maximum absolute atomic E-state index is 11.4. The predicted octanol–water partition coefficient (Wildman–Crippen LogP) is 6.84. The molecule has 0 fully saturated rings. The lowest BCUT2D eigenvalue weighted by Crippen LogP contribution is -2.28. The van der Waals surface area contributed by atoms with Gasteiger partial charge in [-0.15, -0.1) is 11.3 Å². The molecule has 0 unspecified atom stereocenters. The van der Waals surface area contributed by atoms with Gasteiger partial charge in [0.05, 0.1) is 28.8 Å². The van der Waals surface area contributed by atoms with Gasteiger partial charge in [0.1, 0.15) is 5.01 Å². The van der Waals surface area contributed by atoms with Crippen molar-refractivity contribution in [3.05, 3.63) is 104 Å². The number of benzene rings is 3. The van der Waals surface area contributed by atoms with Crippen molar-refractivity contribution in [2.24, 2.45) is 0 Å². The first kappa shape index (κ1) is 25.2. The maximum Gasteiger partial charge on any atom is 0.317 e. The fourth-order valence-electron chi connectivity index (χ4n) is 3.80. The smallest absolute Gasteiger partial charge is 0.317 e. The van der Waals surface area contributed by atoms with E-state index in [0.29, 0.717) is 23.1 Å². The van der Waals surface area contributed by atoms with E-state index in [0.717, 1.165) is 34.1 Å². The van der Waals surface area contributed by atoms with Crippen LogP contribution in [0.4, 0.5) is 5.69 Å². The average molecular weight is 526 g/mol. The SMILES string of the molecule is CN(Cc1ccccc1)c1ccc(-c2csc(CN(CC(=O)O)Cc3ccc(Cl)c(Cl)c3)n2)cc1. The van der Waals surface area contributed by atoms with Crippen LogP contribution < -0.4 is 4.90 Å². The third-order valence-corrected chi connectivity index (χ3v) is 7.10. The number of carbonyl (C=O) groups is 1. The Hall–Kier alpha value is -2.90. The highest BCUT2D eigenvalue weighted by Crippen LogP contribution is 2.27. The molecule has 0 amide bonds. The van der Waals surface area contributed by atoms with Crippen LogP contribution >= 0.6 is 34.5 Å². The summed E-state index contributed by atoms with van der Waals surface area (Å²) in [6.07, 6.45) is 0. The fraction of sp³-hybridized carbons (Fsp3) is 0.185. The molecule has 4 rings (SSSR count). The molecule has 8 heteroatoms. The zero-order valence-corrected chi connectivity index (χ0v) is 21.5. The fourth-order valence-corrected chi connectivity index (χ4v) is 4.96. The number of rotatable bonds is 10. The molecule has 1 aromatic heterocycles. The highest BCUT2D eigenvalue weighted by molar-refractivity contribution is 7.09. The van der Waals surface area contributed by atoms with Crippen molar-refractivity contribution in [1.29, 1.82) is 0 Å². The van der Waals surface area contributed by atoms with Crippen LogP contribution in [0, 0.1) is 0 Å². The second-order valence-electron chi connectivity index (χ2n) is 8.30. The van der Waals surface area contributed by atoms with Crippen molar-refractivity contribution in [1.82, 2.24) is 9.88 Å². The van der Waals surface area contributed by atoms with Crippen LogP contribution in [0.25, 0.3) is 11.3 Å². The number of nitrogens with zero attached hydrogens (tertiary/aromatic N) is 3. The quantitative estimate of drug-likeness (QED) is 0.245. The van der Waals surface area contributed by atoms with Gasteiger partial charge in [0.15, 0.2) is 0 Å². The van der Waals surface area contributed by atoms with Crippen LogP contribution in [0.5, 0.6) is 0 Å². The highest BCUT2D eigenvalue weighted by Gasteiger charge is 2.15. The molecule has 0 aliphatic rings. The van der Waals surface area contributed by atoms with Gasteiger partial charge in [-0.05, 0) is 35.4 Å². The van der Waals surface area contributed by atoms with E-state index in [9.17, 15) is 9.90 Å². The van der Waals surface area contributed by atoms with Gasteiger partial charge in [0.25, 0.3) is 0 Å². The summed E-state index contributed by atoms with van der Waals surface area (Å²) in [5, 5.41) is 13.2. The minimum Gasteiger partial charge on any atom is -0.480 e. The minimum absolute atomic E-state index is 0.0996. The molecule has 0 saturated heterocycles. The van der Waals surface area contributed by atoms with Gasteiger partial charge in [-0.1, -0.05) is 71.7 Å². The first-order chi connectivity index (χ1) is 16.9. The van der Waals surface area contributed by atoms with Crippen molar-refractivity contribution in [3.8, 4) is 11.3 Å². The van der Waals surface area contributed by atoms with E-state index in [1.54, 1.807) is 12.1 Å². The van der Waals surface area contributed by atoms with Crippen molar-refractivity contribution in [2.75, 3.05) is 18.5 Å². The molecule has 0 saturated carbocycles. The summed E-state index contributed by atoms with van der Waals surface area (Å²) < 4.78 is 0. The van der Waals surface area contributed by atoms with Crippen LogP contribution in [0.2, 0.25) is 10.0 Å². The minimum atomic E-state index is -0.892. The summed E-state index contributed by atoms with van der Waals surface area (Å²) in [7, 11) is 2.08. The molecule has 0 spiro atoms. The largest absolute Gasteiger partial charge is 0.480 e. The molecule has 180 valence electrons. The summed E-state index contributed by atoms with van der Waals surface area (Å²) in [5.41, 5.74) is 5.19. The molecule has 0 bridgehead atoms. The Morgan fingerprint density at radius 1 is 0.914 bits per heavy atom. The average Bonchev–Trinajstić information content (AvgIpc) is 3.30. The first-order valence-electron chi connectivity index (χ1n) is 11.1. The molecule has 0 aliphatic heterocycles. The highest BCUT2D eigenvalue weighted by atomic mass is 35.5. The number of carboxylic acid groups (broad SMARTS) is 1. The van der Waals surface area contributed by atoms with Gasteiger partial charge in [-0.2, -0.15) is 0 Å². The Morgan fingerprint density at radius 2 is 1.66 bits per heavy atom. The molecule has 0 radical (unpaired) electrons. The van der Waals surface area contributed by atoms with Crippen LogP contribution in [-0.4, -0.2) is 34.6 Å². The Bertz CT molecular complexity index is 1280. The summed E-state index contributed by atoms with van der Waals surface area (Å²) in [4.78, 5) is 20.2. The van der Waals surface area contributed by atoms with Crippen LogP contribution in [0.3, 0.4) is 0 Å². The van der Waals surface area contributed by atoms with Crippen molar-refractivity contribution in [3.63, 3.8) is 0 Å². The molecular formula is C27H25Cl2N3O2S. The Morgan fingerprint density at radius 3 is 2.34 bits per heavy atom. The molecule has 1 N–H and O–H groups in total. The van der Waals surface area contributed by atoms with Crippen LogP contribution in [0.1, 0.15) is 16.1 Å². The van der Waals surface area contributed by atoms with E-state index in [1.807, 2.05) is 34.5 Å². The number of halogens is 2. The Balaban J connectivity index is 1.43. The Kier molecular flexibility index (Phi) is 8.42. The number of carboxylic acids is 1. The topological polar surface area (TPSA) is 56.7 Å². The van der Waals surface area contributed by atoms with Gasteiger partial charge in [-0.25, -0.2) is 4.98 Å². The van der Waals surface area contributed by atoms with Crippen molar-refractivity contribution in [2.45, 2.75) is 19.6 Å². The molecule has 35 heavy (non-hydrogen) atoms. The second kappa shape index (κ2) is 11.7. The Labute approximate surface area is 219 Å². The van der Waals surface area contributed by atoms with E-state index in [-0.39, 0.29) is 6.54 Å². The summed E-state index contributed by atoms with van der Waals surface area (Å²) >= 11 is 13.7. The zero-order valence-electron chi connectivity index (χ0n) is 19.2. The molecule has 0 aliphatic carbocycles. The number of thiazole rings is 1. The zero-order chi connectivity index (χ0) is 24.8. The first-order valence-corrected chi connectivity index (χ1v) is 12.7. The monoisotopic (exact) mass is 525 g/mol. The summed E-state index contributed by atoms with van der Waals surface area (Å²) in [6, 6.07) is 24.0. The molecule has 5 nitrogen and oxygen atoms in total. The maximum atomic E-state index is 11.4. The van der Waals surface area contributed by atoms with E-state index >= 15 is 0 Å². The van der Waals surface area contributed by atoms with Crippen LogP contribution in [-0.2, 0) is 24.4 Å². The van der Waals surface area contributed by atoms with Gasteiger partial charge < -0.3 is 10.0 Å². The predicted molar refractivity (Wildman–Crippen MR) is 144 cm³/mol. The summed E-state index contributed by atoms with van der Waals surface area (Å²) in [5.74, 6) is -0.892. The third kappa shape index (κ3) is 7.05. The van der Waals surface area contributed by atoms with Gasteiger partial charge in [0, 0.05) is 36.8 Å². The normalized spacial score (nSPS) is 11.1. The second-order valence-corrected chi connectivity index (χ2v) is 10.1. The summed E-state index contributed by atoms with van der Waals surface area (Å²) in [6.45, 7) is 1.59. The van der Waals surface area contributed by atoms with E-state index in [1.165, 1.54) is 16.9 Å². The molecule has 4 aromatic rings. The lowest BCUT2D eigenvalue weighted by atomic mass is 10.1. The number of hydrogen-bond acceptors (Lipinski definition) is 5. The number of anilines is 1. The lowest BCUT2D eigenvalue weighted by Gasteiger charge is -2.20. The van der Waals surface area contributed by atoms with Crippen molar-refractivity contribution >= 4 is 46.2 Å². The molecule has 3 aromatic carbocycles. The number of aromatic nitrogens is 1. The standard InChI is InChI=1S/C27H25Cl2N3O2S/c1-31(14-19-5-3-2-4-6-19)22-10-8-21(9-11-22)25-18-35-26(30-25)16-32(17-27(33)34)15-20-7-12-23(28)24(29)13-20/h2-13,18H,14-17H2,1H3,(H,33,34). The molecule has 0 atom stereocenters. The third-order valence-electron chi connectivity index (χ3n) is 5.53. The van der Waals surface area contributed by atoms with E-state index < -0.39 is 5.97 Å². The molecular weight excluding hydrogens is 501 g/mol. The van der Waals surface area contributed by atoms with E-state index in [4.69, 9.17) is 28.2 Å². The number of aliphatic carboxylic acids is 1. The van der Waals surface area contributed by atoms with Gasteiger partial charge >= 0.3 is 5.97 Å². The van der Waals surface area contributed by atoms with Gasteiger partial charge in [0.2, 0.25) is 0 Å². The van der Waals surface area contributed by atoms with E-state index in [2.05, 4.69) is 48.3 Å². The molecule has 1 heterocycles.